The van der Waals surface area contributed by atoms with Crippen LogP contribution in [0.25, 0.3) is 10.9 Å². The fraction of sp³-hybridized carbons (Fsp3) is 0.231. The van der Waals surface area contributed by atoms with E-state index < -0.39 is 0 Å². The lowest BCUT2D eigenvalue weighted by Gasteiger charge is -2.05. The molecule has 1 N–H and O–H groups in total. The minimum absolute atomic E-state index is 0.0608. The van der Waals surface area contributed by atoms with E-state index >= 15 is 0 Å². The number of aliphatic hydroxyl groups excluding tert-OH is 1. The highest BCUT2D eigenvalue weighted by Gasteiger charge is 2.07. The highest BCUT2D eigenvalue weighted by atomic mass is 16.3. The first-order valence-corrected chi connectivity index (χ1v) is 5.80. The van der Waals surface area contributed by atoms with Crippen molar-refractivity contribution in [1.29, 1.82) is 0 Å². The molecule has 0 amide bonds. The molecular formula is C13H14N4O. The lowest BCUT2D eigenvalue weighted by Crippen LogP contribution is -2.04. The van der Waals surface area contributed by atoms with Crippen LogP contribution in [0.5, 0.6) is 0 Å². The largest absolute Gasteiger partial charge is 0.392 e. The first kappa shape index (κ1) is 11.0. The van der Waals surface area contributed by atoms with Crippen molar-refractivity contribution in [2.45, 2.75) is 13.2 Å². The molecular weight excluding hydrogens is 228 g/mol. The van der Waals surface area contributed by atoms with E-state index in [9.17, 15) is 5.11 Å². The Hall–Kier alpha value is -2.14. The van der Waals surface area contributed by atoms with Crippen LogP contribution >= 0.6 is 0 Å². The highest BCUT2D eigenvalue weighted by Crippen LogP contribution is 2.20. The maximum absolute atomic E-state index is 9.31. The summed E-state index contributed by atoms with van der Waals surface area (Å²) in [5.41, 5.74) is 2.05. The zero-order chi connectivity index (χ0) is 12.5. The van der Waals surface area contributed by atoms with Crippen molar-refractivity contribution >= 4 is 10.9 Å². The number of rotatable bonds is 3. The predicted molar refractivity (Wildman–Crippen MR) is 68.0 cm³/mol. The van der Waals surface area contributed by atoms with Gasteiger partial charge in [-0.25, -0.2) is 0 Å². The van der Waals surface area contributed by atoms with E-state index in [0.29, 0.717) is 6.54 Å². The van der Waals surface area contributed by atoms with Crippen molar-refractivity contribution < 1.29 is 5.11 Å². The normalized spacial score (nSPS) is 11.2. The van der Waals surface area contributed by atoms with Crippen LogP contribution in [0.2, 0.25) is 0 Å². The molecule has 18 heavy (non-hydrogen) atoms. The SMILES string of the molecule is Cn1cnnc1Cn1ccc2c(CO)cccc21. The Balaban J connectivity index is 2.06. The average Bonchev–Trinajstić information content (AvgIpc) is 2.97. The fourth-order valence-corrected chi connectivity index (χ4v) is 2.17. The van der Waals surface area contributed by atoms with Crippen LogP contribution in [-0.4, -0.2) is 24.4 Å². The molecule has 0 saturated heterocycles. The molecule has 0 radical (unpaired) electrons. The Morgan fingerprint density at radius 1 is 1.28 bits per heavy atom. The van der Waals surface area contributed by atoms with Gasteiger partial charge in [-0.3, -0.25) is 0 Å². The van der Waals surface area contributed by atoms with Gasteiger partial charge in [-0.2, -0.15) is 0 Å². The molecule has 0 aliphatic heterocycles. The van der Waals surface area contributed by atoms with E-state index in [1.54, 1.807) is 6.33 Å². The molecule has 0 atom stereocenters. The number of hydrogen-bond acceptors (Lipinski definition) is 3. The Morgan fingerprint density at radius 2 is 2.17 bits per heavy atom. The number of aliphatic hydroxyl groups is 1. The van der Waals surface area contributed by atoms with Gasteiger partial charge in [0.15, 0.2) is 5.82 Å². The van der Waals surface area contributed by atoms with Crippen molar-refractivity contribution in [2.75, 3.05) is 0 Å². The lowest BCUT2D eigenvalue weighted by atomic mass is 10.1. The van der Waals surface area contributed by atoms with Crippen LogP contribution in [0.3, 0.4) is 0 Å². The Bertz CT molecular complexity index is 683. The molecule has 3 aromatic rings. The average molecular weight is 242 g/mol. The molecule has 0 aliphatic rings. The highest BCUT2D eigenvalue weighted by molar-refractivity contribution is 5.83. The fourth-order valence-electron chi connectivity index (χ4n) is 2.17. The third kappa shape index (κ3) is 1.69. The summed E-state index contributed by atoms with van der Waals surface area (Å²) in [6.45, 7) is 0.736. The van der Waals surface area contributed by atoms with Gasteiger partial charge in [0.05, 0.1) is 13.2 Å². The van der Waals surface area contributed by atoms with Gasteiger partial charge in [-0.1, -0.05) is 12.1 Å². The van der Waals surface area contributed by atoms with Gasteiger partial charge in [-0.15, -0.1) is 10.2 Å². The predicted octanol–water partition coefficient (Wildman–Crippen LogP) is 1.31. The molecule has 0 fully saturated rings. The van der Waals surface area contributed by atoms with Crippen LogP contribution in [0.1, 0.15) is 11.4 Å². The summed E-state index contributed by atoms with van der Waals surface area (Å²) < 4.78 is 4.01. The second kappa shape index (κ2) is 4.27. The third-order valence-corrected chi connectivity index (χ3v) is 3.19. The molecule has 5 nitrogen and oxygen atoms in total. The van der Waals surface area contributed by atoms with Crippen molar-refractivity contribution in [3.05, 3.63) is 48.2 Å². The molecule has 3 rings (SSSR count). The number of nitrogens with zero attached hydrogens (tertiary/aromatic N) is 4. The van der Waals surface area contributed by atoms with Crippen molar-refractivity contribution in [2.24, 2.45) is 7.05 Å². The number of aryl methyl sites for hydroxylation is 1. The van der Waals surface area contributed by atoms with Crippen LogP contribution in [0, 0.1) is 0 Å². The van der Waals surface area contributed by atoms with Crippen LogP contribution in [0.4, 0.5) is 0 Å². The van der Waals surface area contributed by atoms with Gasteiger partial charge in [0, 0.05) is 24.1 Å². The van der Waals surface area contributed by atoms with E-state index in [2.05, 4.69) is 14.8 Å². The van der Waals surface area contributed by atoms with E-state index in [1.165, 1.54) is 0 Å². The summed E-state index contributed by atoms with van der Waals surface area (Å²) in [5, 5.41) is 18.4. The molecule has 5 heteroatoms. The van der Waals surface area contributed by atoms with Crippen molar-refractivity contribution in [3.8, 4) is 0 Å². The van der Waals surface area contributed by atoms with Gasteiger partial charge in [0.25, 0.3) is 0 Å². The van der Waals surface area contributed by atoms with Crippen molar-refractivity contribution in [1.82, 2.24) is 19.3 Å². The smallest absolute Gasteiger partial charge is 0.152 e. The van der Waals surface area contributed by atoms with Gasteiger partial charge >= 0.3 is 0 Å². The van der Waals surface area contributed by atoms with Crippen LogP contribution < -0.4 is 0 Å². The first-order chi connectivity index (χ1) is 8.79. The molecule has 0 bridgehead atoms. The number of hydrogen-bond donors (Lipinski definition) is 1. The second-order valence-electron chi connectivity index (χ2n) is 4.31. The van der Waals surface area contributed by atoms with E-state index in [4.69, 9.17) is 0 Å². The van der Waals surface area contributed by atoms with Gasteiger partial charge in [0.2, 0.25) is 0 Å². The summed E-state index contributed by atoms with van der Waals surface area (Å²) in [6, 6.07) is 7.97. The van der Waals surface area contributed by atoms with Crippen LogP contribution in [0.15, 0.2) is 36.8 Å². The Morgan fingerprint density at radius 3 is 2.89 bits per heavy atom. The first-order valence-electron chi connectivity index (χ1n) is 5.80. The summed E-state index contributed by atoms with van der Waals surface area (Å²) in [4.78, 5) is 0. The number of benzene rings is 1. The summed E-state index contributed by atoms with van der Waals surface area (Å²) in [7, 11) is 1.93. The number of aromatic nitrogens is 4. The topological polar surface area (TPSA) is 55.9 Å². The van der Waals surface area contributed by atoms with Gasteiger partial charge in [0.1, 0.15) is 6.33 Å². The van der Waals surface area contributed by atoms with Gasteiger partial charge in [-0.05, 0) is 17.7 Å². The zero-order valence-electron chi connectivity index (χ0n) is 10.1. The minimum atomic E-state index is 0.0608. The van der Waals surface area contributed by atoms with E-state index in [1.807, 2.05) is 42.1 Å². The second-order valence-corrected chi connectivity index (χ2v) is 4.31. The third-order valence-electron chi connectivity index (χ3n) is 3.19. The minimum Gasteiger partial charge on any atom is -0.392 e. The maximum atomic E-state index is 9.31. The summed E-state index contributed by atoms with van der Waals surface area (Å²) in [5.74, 6) is 0.905. The number of fused-ring (bicyclic) bond motifs is 1. The van der Waals surface area contributed by atoms with E-state index in [-0.39, 0.29) is 6.61 Å². The van der Waals surface area contributed by atoms with Gasteiger partial charge < -0.3 is 14.2 Å². The summed E-state index contributed by atoms with van der Waals surface area (Å²) >= 11 is 0. The molecule has 2 aromatic heterocycles. The zero-order valence-corrected chi connectivity index (χ0v) is 10.1. The van der Waals surface area contributed by atoms with Crippen molar-refractivity contribution in [3.63, 3.8) is 0 Å². The molecule has 0 aliphatic carbocycles. The molecule has 0 saturated carbocycles. The maximum Gasteiger partial charge on any atom is 0.152 e. The van der Waals surface area contributed by atoms with E-state index in [0.717, 1.165) is 22.3 Å². The molecule has 0 spiro atoms. The standard InChI is InChI=1S/C13H14N4O/c1-16-9-14-15-13(16)7-17-6-5-11-10(8-18)3-2-4-12(11)17/h2-6,9,18H,7-8H2,1H3. The quantitative estimate of drug-likeness (QED) is 0.753. The molecule has 1 aromatic carbocycles. The van der Waals surface area contributed by atoms with Crippen LogP contribution in [-0.2, 0) is 20.2 Å². The summed E-state index contributed by atoms with van der Waals surface area (Å²) in [6.07, 6.45) is 3.71. The Kier molecular flexibility index (Phi) is 2.60. The molecule has 2 heterocycles. The lowest BCUT2D eigenvalue weighted by molar-refractivity contribution is 0.283. The Labute approximate surface area is 104 Å². The molecule has 0 unspecified atom stereocenters. The molecule has 92 valence electrons. The monoisotopic (exact) mass is 242 g/mol.